The molecule has 0 radical (unpaired) electrons. The molecule has 8 rings (SSSR count). The molecule has 3 heterocycles. The van der Waals surface area contributed by atoms with Crippen LogP contribution in [0.1, 0.15) is 10.4 Å². The summed E-state index contributed by atoms with van der Waals surface area (Å²) >= 11 is 0. The van der Waals surface area contributed by atoms with Crippen LogP contribution in [0.3, 0.4) is 0 Å². The predicted octanol–water partition coefficient (Wildman–Crippen LogP) is 7.96. The summed E-state index contributed by atoms with van der Waals surface area (Å²) < 4.78 is 1.75. The fraction of sp³-hybridized carbons (Fsp3) is 0. The third-order valence-electron chi connectivity index (χ3n) is 7.24. The highest BCUT2D eigenvalue weighted by atomic mass is 16.2. The lowest BCUT2D eigenvalue weighted by Gasteiger charge is -2.40. The molecule has 0 fully saturated rings. The molecule has 5 nitrogen and oxygen atoms in total. The van der Waals surface area contributed by atoms with Gasteiger partial charge in [-0.05, 0) is 60.7 Å². The Morgan fingerprint density at radius 2 is 1.08 bits per heavy atom. The lowest BCUT2D eigenvalue weighted by molar-refractivity contribution is 0.0973. The average Bonchev–Trinajstić information content (AvgIpc) is 3.47. The maximum atomic E-state index is 13.6. The van der Waals surface area contributed by atoms with Crippen LogP contribution in [0.4, 0.5) is 34.1 Å². The number of imidazole rings is 1. The van der Waals surface area contributed by atoms with E-state index in [1.54, 1.807) is 4.57 Å². The third-order valence-corrected chi connectivity index (χ3v) is 7.24. The van der Waals surface area contributed by atoms with Gasteiger partial charge in [0.2, 0.25) is 0 Å². The van der Waals surface area contributed by atoms with E-state index >= 15 is 0 Å². The second-order valence-corrected chi connectivity index (χ2v) is 9.25. The standard InChI is InChI=1S/C32H20N4O/c37-32-22-13-10-20-29(30(22)31-33-23-14-4-5-15-24(23)36(31)32)35-27-18-8-6-16-25(27)34(21-11-2-1-3-12-21)26-17-7-9-19-28(26)35/h1-20H. The monoisotopic (exact) mass is 476 g/mol. The Balaban J connectivity index is 1.43. The number of benzene rings is 5. The Bertz CT molecular complexity index is 1820. The Morgan fingerprint density at radius 3 is 1.78 bits per heavy atom. The van der Waals surface area contributed by atoms with Crippen LogP contribution in [0.25, 0.3) is 22.4 Å². The van der Waals surface area contributed by atoms with E-state index in [-0.39, 0.29) is 5.91 Å². The van der Waals surface area contributed by atoms with Gasteiger partial charge in [-0.3, -0.25) is 9.36 Å². The molecule has 37 heavy (non-hydrogen) atoms. The first-order chi connectivity index (χ1) is 18.3. The van der Waals surface area contributed by atoms with Crippen LogP contribution in [0.2, 0.25) is 0 Å². The van der Waals surface area contributed by atoms with Gasteiger partial charge in [-0.25, -0.2) is 4.98 Å². The molecule has 0 unspecified atom stereocenters. The molecule has 1 aromatic heterocycles. The number of nitrogens with zero attached hydrogens (tertiary/aromatic N) is 4. The fourth-order valence-corrected chi connectivity index (χ4v) is 5.72. The molecule has 0 aliphatic carbocycles. The summed E-state index contributed by atoms with van der Waals surface area (Å²) in [6.07, 6.45) is 0. The van der Waals surface area contributed by atoms with Crippen molar-refractivity contribution in [2.24, 2.45) is 0 Å². The Labute approximate surface area is 213 Å². The summed E-state index contributed by atoms with van der Waals surface area (Å²) in [5, 5.41) is 0. The second kappa shape index (κ2) is 7.42. The van der Waals surface area contributed by atoms with Crippen molar-refractivity contribution in [2.45, 2.75) is 0 Å². The summed E-state index contributed by atoms with van der Waals surface area (Å²) in [5.74, 6) is 0.655. The Hall–Kier alpha value is -5.16. The van der Waals surface area contributed by atoms with Gasteiger partial charge in [0.15, 0.2) is 5.82 Å². The van der Waals surface area contributed by atoms with Crippen LogP contribution < -0.4 is 9.80 Å². The lowest BCUT2D eigenvalue weighted by Crippen LogP contribution is -2.24. The van der Waals surface area contributed by atoms with Crippen LogP contribution in [-0.4, -0.2) is 15.5 Å². The molecule has 0 saturated carbocycles. The molecular weight excluding hydrogens is 456 g/mol. The molecule has 0 N–H and O–H groups in total. The molecule has 5 heteroatoms. The summed E-state index contributed by atoms with van der Waals surface area (Å²) in [5.41, 5.74) is 9.45. The number of carbonyl (C=O) groups excluding carboxylic acids is 1. The van der Waals surface area contributed by atoms with Gasteiger partial charge in [0, 0.05) is 5.69 Å². The van der Waals surface area contributed by atoms with E-state index in [2.05, 4.69) is 88.7 Å². The molecule has 5 aromatic carbocycles. The summed E-state index contributed by atoms with van der Waals surface area (Å²) in [6, 6.07) is 41.0. The number of anilines is 6. The molecule has 2 aliphatic rings. The molecule has 0 amide bonds. The fourth-order valence-electron chi connectivity index (χ4n) is 5.72. The molecule has 0 saturated heterocycles. The zero-order chi connectivity index (χ0) is 24.5. The van der Waals surface area contributed by atoms with Crippen molar-refractivity contribution in [1.82, 2.24) is 9.55 Å². The minimum Gasteiger partial charge on any atom is -0.306 e. The number of rotatable bonds is 2. The van der Waals surface area contributed by atoms with Crippen molar-refractivity contribution in [2.75, 3.05) is 9.80 Å². The lowest BCUT2D eigenvalue weighted by atomic mass is 10.0. The van der Waals surface area contributed by atoms with E-state index in [1.165, 1.54) is 0 Å². The molecular formula is C32H20N4O. The predicted molar refractivity (Wildman–Crippen MR) is 148 cm³/mol. The van der Waals surface area contributed by atoms with E-state index in [9.17, 15) is 4.79 Å². The van der Waals surface area contributed by atoms with Crippen LogP contribution in [0.5, 0.6) is 0 Å². The van der Waals surface area contributed by atoms with Gasteiger partial charge in [-0.15, -0.1) is 0 Å². The first-order valence-corrected chi connectivity index (χ1v) is 12.3. The number of para-hydroxylation sites is 7. The van der Waals surface area contributed by atoms with Gasteiger partial charge in [-0.2, -0.15) is 0 Å². The molecule has 0 bridgehead atoms. The minimum atomic E-state index is -0.0370. The van der Waals surface area contributed by atoms with Gasteiger partial charge in [-0.1, -0.05) is 60.7 Å². The highest BCUT2D eigenvalue weighted by Crippen LogP contribution is 2.56. The molecule has 0 spiro atoms. The van der Waals surface area contributed by atoms with Crippen molar-refractivity contribution < 1.29 is 4.79 Å². The maximum Gasteiger partial charge on any atom is 0.264 e. The SMILES string of the molecule is O=C1c2cccc(N3c4ccccc4N(c4ccccc4)c4ccccc43)c2-c2nc3ccccc3n21. The van der Waals surface area contributed by atoms with Gasteiger partial charge in [0.05, 0.1) is 50.6 Å². The van der Waals surface area contributed by atoms with Crippen LogP contribution in [-0.2, 0) is 0 Å². The quantitative estimate of drug-likeness (QED) is 0.254. The topological polar surface area (TPSA) is 41.4 Å². The molecule has 0 atom stereocenters. The Kier molecular flexibility index (Phi) is 4.03. The van der Waals surface area contributed by atoms with E-state index in [1.807, 2.05) is 42.5 Å². The van der Waals surface area contributed by atoms with Gasteiger partial charge in [0.1, 0.15) is 0 Å². The highest BCUT2D eigenvalue weighted by Gasteiger charge is 2.37. The van der Waals surface area contributed by atoms with Crippen molar-refractivity contribution in [1.29, 1.82) is 0 Å². The van der Waals surface area contributed by atoms with Gasteiger partial charge in [0.25, 0.3) is 5.91 Å². The smallest absolute Gasteiger partial charge is 0.264 e. The zero-order valence-corrected chi connectivity index (χ0v) is 19.7. The summed E-state index contributed by atoms with van der Waals surface area (Å²) in [7, 11) is 0. The number of fused-ring (bicyclic) bond motifs is 7. The normalized spacial score (nSPS) is 13.4. The first-order valence-electron chi connectivity index (χ1n) is 12.3. The van der Waals surface area contributed by atoms with E-state index in [0.717, 1.165) is 50.7 Å². The average molecular weight is 477 g/mol. The maximum absolute atomic E-state index is 13.6. The summed E-state index contributed by atoms with van der Waals surface area (Å²) in [4.78, 5) is 23.1. The van der Waals surface area contributed by atoms with Crippen LogP contribution in [0, 0.1) is 0 Å². The largest absolute Gasteiger partial charge is 0.306 e. The number of hydrogen-bond acceptors (Lipinski definition) is 4. The number of hydrogen-bond donors (Lipinski definition) is 0. The zero-order valence-electron chi connectivity index (χ0n) is 19.7. The molecule has 6 aromatic rings. The Morgan fingerprint density at radius 1 is 0.514 bits per heavy atom. The van der Waals surface area contributed by atoms with E-state index in [4.69, 9.17) is 4.98 Å². The van der Waals surface area contributed by atoms with Crippen LogP contribution >= 0.6 is 0 Å². The second-order valence-electron chi connectivity index (χ2n) is 9.25. The van der Waals surface area contributed by atoms with Gasteiger partial charge < -0.3 is 9.80 Å². The molecule has 2 aliphatic heterocycles. The van der Waals surface area contributed by atoms with Crippen molar-refractivity contribution in [3.05, 3.63) is 127 Å². The van der Waals surface area contributed by atoms with Crippen LogP contribution in [0.15, 0.2) is 121 Å². The van der Waals surface area contributed by atoms with Crippen molar-refractivity contribution in [3.8, 4) is 11.4 Å². The van der Waals surface area contributed by atoms with Gasteiger partial charge >= 0.3 is 0 Å². The van der Waals surface area contributed by atoms with E-state index < -0.39 is 0 Å². The number of aromatic nitrogens is 2. The summed E-state index contributed by atoms with van der Waals surface area (Å²) in [6.45, 7) is 0. The molecule has 174 valence electrons. The van der Waals surface area contributed by atoms with E-state index in [0.29, 0.717) is 11.4 Å². The first kappa shape index (κ1) is 20.1. The van der Waals surface area contributed by atoms with Crippen molar-refractivity contribution in [3.63, 3.8) is 0 Å². The third kappa shape index (κ3) is 2.68. The number of carbonyl (C=O) groups is 1. The highest BCUT2D eigenvalue weighted by molar-refractivity contribution is 6.16. The minimum absolute atomic E-state index is 0.0370. The van der Waals surface area contributed by atoms with Crippen molar-refractivity contribution >= 4 is 51.1 Å².